The zero-order valence-corrected chi connectivity index (χ0v) is 14.8. The molecule has 3 aliphatic carbocycles. The second-order valence-corrected chi connectivity index (χ2v) is 8.56. The number of hydrogen-bond acceptors (Lipinski definition) is 2. The van der Waals surface area contributed by atoms with Crippen LogP contribution in [-0.2, 0) is 10.2 Å². The summed E-state index contributed by atoms with van der Waals surface area (Å²) in [7, 11) is 0. The molecule has 0 saturated heterocycles. The third-order valence-electron chi connectivity index (χ3n) is 7.15. The Balaban J connectivity index is 1.39. The van der Waals surface area contributed by atoms with Crippen LogP contribution in [0.1, 0.15) is 56.9 Å². The van der Waals surface area contributed by atoms with Gasteiger partial charge in [-0.2, -0.15) is 0 Å². The maximum absolute atomic E-state index is 13.2. The summed E-state index contributed by atoms with van der Waals surface area (Å²) in [5.41, 5.74) is 7.51. The highest BCUT2D eigenvalue weighted by molar-refractivity contribution is 5.79. The van der Waals surface area contributed by atoms with Crippen molar-refractivity contribution in [1.82, 2.24) is 5.32 Å². The Morgan fingerprint density at radius 3 is 2.32 bits per heavy atom. The van der Waals surface area contributed by atoms with Gasteiger partial charge in [-0.15, -0.1) is 0 Å². The highest BCUT2D eigenvalue weighted by atomic mass is 19.1. The van der Waals surface area contributed by atoms with Crippen molar-refractivity contribution in [1.29, 1.82) is 0 Å². The first-order chi connectivity index (χ1) is 12.1. The zero-order valence-electron chi connectivity index (χ0n) is 14.8. The van der Waals surface area contributed by atoms with Gasteiger partial charge in [0.25, 0.3) is 0 Å². The van der Waals surface area contributed by atoms with E-state index in [4.69, 9.17) is 5.73 Å². The second kappa shape index (κ2) is 6.71. The standard InChI is InChI=1S/C21H29FN2O/c22-18-7-5-17(6-8-18)21(9-2-10-21)13-24-20(25)16-11-14-3-1-4-15(12-16)19(14)23/h5-8,14-16,19H,1-4,9-13,23H2,(H,24,25). The number of nitrogens with one attached hydrogen (secondary N) is 1. The predicted molar refractivity (Wildman–Crippen MR) is 96.5 cm³/mol. The van der Waals surface area contributed by atoms with Gasteiger partial charge in [-0.25, -0.2) is 4.39 Å². The van der Waals surface area contributed by atoms with Gasteiger partial charge in [0, 0.05) is 23.9 Å². The minimum absolute atomic E-state index is 0.00427. The maximum Gasteiger partial charge on any atom is 0.223 e. The Labute approximate surface area is 149 Å². The monoisotopic (exact) mass is 344 g/mol. The molecule has 3 fully saturated rings. The van der Waals surface area contributed by atoms with E-state index < -0.39 is 0 Å². The van der Waals surface area contributed by atoms with Crippen molar-refractivity contribution in [2.24, 2.45) is 23.5 Å². The summed E-state index contributed by atoms with van der Waals surface area (Å²) < 4.78 is 13.2. The van der Waals surface area contributed by atoms with Crippen LogP contribution in [0.4, 0.5) is 4.39 Å². The van der Waals surface area contributed by atoms with Gasteiger partial charge >= 0.3 is 0 Å². The Kier molecular flexibility index (Phi) is 4.57. The molecule has 4 rings (SSSR count). The molecule has 25 heavy (non-hydrogen) atoms. The fourth-order valence-corrected chi connectivity index (χ4v) is 5.38. The van der Waals surface area contributed by atoms with Crippen LogP contribution >= 0.6 is 0 Å². The van der Waals surface area contributed by atoms with Crippen molar-refractivity contribution in [2.45, 2.75) is 62.8 Å². The molecule has 1 amide bonds. The average molecular weight is 344 g/mol. The number of carbonyl (C=O) groups is 1. The van der Waals surface area contributed by atoms with Crippen molar-refractivity contribution in [2.75, 3.05) is 6.54 Å². The quantitative estimate of drug-likeness (QED) is 0.878. The lowest BCUT2D eigenvalue weighted by Gasteiger charge is -2.45. The molecule has 0 spiro atoms. The number of hydrogen-bond donors (Lipinski definition) is 2. The molecule has 3 nitrogen and oxygen atoms in total. The van der Waals surface area contributed by atoms with Crippen LogP contribution < -0.4 is 11.1 Å². The van der Waals surface area contributed by atoms with E-state index in [9.17, 15) is 9.18 Å². The maximum atomic E-state index is 13.2. The van der Waals surface area contributed by atoms with Crippen molar-refractivity contribution >= 4 is 5.91 Å². The minimum Gasteiger partial charge on any atom is -0.355 e. The van der Waals surface area contributed by atoms with E-state index in [-0.39, 0.29) is 23.1 Å². The highest BCUT2D eigenvalue weighted by Crippen LogP contribution is 2.44. The van der Waals surface area contributed by atoms with Crippen LogP contribution in [0.5, 0.6) is 0 Å². The molecular weight excluding hydrogens is 315 g/mol. The number of amides is 1. The summed E-state index contributed by atoms with van der Waals surface area (Å²) in [5, 5.41) is 3.24. The molecule has 2 unspecified atom stereocenters. The van der Waals surface area contributed by atoms with E-state index >= 15 is 0 Å². The molecule has 2 bridgehead atoms. The van der Waals surface area contributed by atoms with Crippen LogP contribution in [-0.4, -0.2) is 18.5 Å². The predicted octanol–water partition coefficient (Wildman–Crippen LogP) is 3.52. The van der Waals surface area contributed by atoms with E-state index in [1.807, 2.05) is 12.1 Å². The van der Waals surface area contributed by atoms with Gasteiger partial charge in [-0.1, -0.05) is 25.0 Å². The Morgan fingerprint density at radius 2 is 1.76 bits per heavy atom. The number of benzene rings is 1. The smallest absolute Gasteiger partial charge is 0.223 e. The summed E-state index contributed by atoms with van der Waals surface area (Å²) in [6, 6.07) is 7.12. The summed E-state index contributed by atoms with van der Waals surface area (Å²) in [5.74, 6) is 1.18. The van der Waals surface area contributed by atoms with Gasteiger partial charge in [0.2, 0.25) is 5.91 Å². The minimum atomic E-state index is -0.202. The van der Waals surface area contributed by atoms with E-state index in [1.165, 1.54) is 37.8 Å². The molecule has 0 heterocycles. The molecule has 3 saturated carbocycles. The molecule has 136 valence electrons. The van der Waals surface area contributed by atoms with Gasteiger partial charge in [0.15, 0.2) is 0 Å². The molecular formula is C21H29FN2O. The van der Waals surface area contributed by atoms with Crippen LogP contribution in [0, 0.1) is 23.6 Å². The first kappa shape index (κ1) is 17.0. The number of fused-ring (bicyclic) bond motifs is 2. The SMILES string of the molecule is NC1C2CCCC1CC(C(=O)NCC1(c3ccc(F)cc3)CCC1)C2. The van der Waals surface area contributed by atoms with Gasteiger partial charge in [-0.3, -0.25) is 4.79 Å². The molecule has 0 aromatic heterocycles. The summed E-state index contributed by atoms with van der Waals surface area (Å²) in [4.78, 5) is 12.8. The Morgan fingerprint density at radius 1 is 1.12 bits per heavy atom. The molecule has 4 heteroatoms. The third-order valence-corrected chi connectivity index (χ3v) is 7.15. The van der Waals surface area contributed by atoms with Crippen LogP contribution in [0.2, 0.25) is 0 Å². The van der Waals surface area contributed by atoms with Crippen LogP contribution in [0.3, 0.4) is 0 Å². The summed E-state index contributed by atoms with van der Waals surface area (Å²) >= 11 is 0. The summed E-state index contributed by atoms with van der Waals surface area (Å²) in [6.45, 7) is 0.676. The average Bonchev–Trinajstić information content (AvgIpc) is 2.55. The van der Waals surface area contributed by atoms with E-state index in [2.05, 4.69) is 5.32 Å². The first-order valence-electron chi connectivity index (χ1n) is 9.87. The van der Waals surface area contributed by atoms with E-state index in [0.717, 1.165) is 31.2 Å². The number of carbonyl (C=O) groups excluding carboxylic acids is 1. The summed E-state index contributed by atoms with van der Waals surface area (Å²) in [6.07, 6.45) is 8.85. The third kappa shape index (κ3) is 3.21. The van der Waals surface area contributed by atoms with Gasteiger partial charge in [0.1, 0.15) is 5.82 Å². The van der Waals surface area contributed by atoms with Gasteiger partial charge in [0.05, 0.1) is 0 Å². The molecule has 0 aliphatic heterocycles. The van der Waals surface area contributed by atoms with Crippen molar-refractivity contribution < 1.29 is 9.18 Å². The number of rotatable bonds is 4. The zero-order chi connectivity index (χ0) is 17.4. The normalized spacial score (nSPS) is 33.4. The molecule has 3 aliphatic rings. The second-order valence-electron chi connectivity index (χ2n) is 8.56. The van der Waals surface area contributed by atoms with Crippen molar-refractivity contribution in [3.63, 3.8) is 0 Å². The molecule has 1 aromatic carbocycles. The fraction of sp³-hybridized carbons (Fsp3) is 0.667. The molecule has 0 radical (unpaired) electrons. The van der Waals surface area contributed by atoms with E-state index in [1.54, 1.807) is 0 Å². The fourth-order valence-electron chi connectivity index (χ4n) is 5.38. The largest absolute Gasteiger partial charge is 0.355 e. The Bertz CT molecular complexity index is 611. The molecule has 3 N–H and O–H groups in total. The number of halogens is 1. The van der Waals surface area contributed by atoms with E-state index in [0.29, 0.717) is 24.4 Å². The Hall–Kier alpha value is -1.42. The lowest BCUT2D eigenvalue weighted by Crippen LogP contribution is -2.51. The lowest BCUT2D eigenvalue weighted by atomic mass is 9.63. The topological polar surface area (TPSA) is 55.1 Å². The molecule has 1 aromatic rings. The lowest BCUT2D eigenvalue weighted by molar-refractivity contribution is -0.128. The highest BCUT2D eigenvalue weighted by Gasteiger charge is 2.42. The van der Waals surface area contributed by atoms with Crippen LogP contribution in [0.25, 0.3) is 0 Å². The number of nitrogens with two attached hydrogens (primary N) is 1. The molecule has 2 atom stereocenters. The van der Waals surface area contributed by atoms with Gasteiger partial charge < -0.3 is 11.1 Å². The van der Waals surface area contributed by atoms with Gasteiger partial charge in [-0.05, 0) is 68.1 Å². The van der Waals surface area contributed by atoms with Crippen molar-refractivity contribution in [3.05, 3.63) is 35.6 Å². The van der Waals surface area contributed by atoms with Crippen molar-refractivity contribution in [3.8, 4) is 0 Å². The first-order valence-corrected chi connectivity index (χ1v) is 9.87. The van der Waals surface area contributed by atoms with Crippen LogP contribution in [0.15, 0.2) is 24.3 Å².